The molecular weight excluding hydrogens is 229 g/mol. The number of hydrogen-bond acceptors (Lipinski definition) is 1. The minimum Gasteiger partial charge on any atom is -0.323 e. The first-order valence-corrected chi connectivity index (χ1v) is 6.86. The van der Waals surface area contributed by atoms with E-state index >= 15 is 0 Å². The highest BCUT2D eigenvalue weighted by Crippen LogP contribution is 2.43. The van der Waals surface area contributed by atoms with E-state index in [1.807, 2.05) is 6.07 Å². The number of rotatable bonds is 1. The van der Waals surface area contributed by atoms with Gasteiger partial charge in [-0.25, -0.2) is 4.39 Å². The van der Waals surface area contributed by atoms with E-state index in [0.717, 1.165) is 18.4 Å². The van der Waals surface area contributed by atoms with E-state index in [1.165, 1.54) is 31.7 Å². The molecule has 3 rings (SSSR count). The Hall–Kier alpha value is -1.38. The Labute approximate surface area is 107 Å². The molecule has 1 amide bonds. The molecule has 1 aliphatic carbocycles. The van der Waals surface area contributed by atoms with Gasteiger partial charge in [-0.15, -0.1) is 0 Å². The van der Waals surface area contributed by atoms with Gasteiger partial charge < -0.3 is 5.32 Å². The summed E-state index contributed by atoms with van der Waals surface area (Å²) in [7, 11) is 0. The number of anilines is 1. The Kier molecular flexibility index (Phi) is 3.06. The molecule has 0 bridgehead atoms. The molecule has 1 unspecified atom stereocenters. The number of amides is 1. The molecule has 0 radical (unpaired) electrons. The van der Waals surface area contributed by atoms with E-state index in [1.54, 1.807) is 6.07 Å². The van der Waals surface area contributed by atoms with Crippen LogP contribution in [0.5, 0.6) is 0 Å². The van der Waals surface area contributed by atoms with E-state index in [2.05, 4.69) is 5.32 Å². The van der Waals surface area contributed by atoms with Crippen molar-refractivity contribution in [2.75, 3.05) is 5.32 Å². The summed E-state index contributed by atoms with van der Waals surface area (Å²) in [6.45, 7) is 0. The van der Waals surface area contributed by atoms with Gasteiger partial charge in [-0.05, 0) is 30.4 Å². The molecule has 1 saturated carbocycles. The third-order valence-electron chi connectivity index (χ3n) is 4.28. The molecule has 1 aromatic carbocycles. The van der Waals surface area contributed by atoms with E-state index in [4.69, 9.17) is 0 Å². The van der Waals surface area contributed by atoms with Crippen LogP contribution in [-0.2, 0) is 4.79 Å². The van der Waals surface area contributed by atoms with Gasteiger partial charge in [0.25, 0.3) is 0 Å². The summed E-state index contributed by atoms with van der Waals surface area (Å²) in [4.78, 5) is 12.1. The fraction of sp³-hybridized carbons (Fsp3) is 0.533. The third kappa shape index (κ3) is 1.92. The standard InChI is InChI=1S/C15H18FNO/c16-12-9-5-8-11-13(15(18)17-14(11)12)10-6-3-1-2-4-7-10/h5,8-10,13H,1-4,6-7H2,(H,17,18). The van der Waals surface area contributed by atoms with Crippen LogP contribution in [0, 0.1) is 11.7 Å². The van der Waals surface area contributed by atoms with Crippen LogP contribution in [0.4, 0.5) is 10.1 Å². The molecule has 2 nitrogen and oxygen atoms in total. The Balaban J connectivity index is 1.93. The lowest BCUT2D eigenvalue weighted by atomic mass is 9.82. The van der Waals surface area contributed by atoms with Crippen molar-refractivity contribution in [3.63, 3.8) is 0 Å². The predicted octanol–water partition coefficient (Wildman–Crippen LogP) is 3.83. The number of carbonyl (C=O) groups excluding carboxylic acids is 1. The van der Waals surface area contributed by atoms with Gasteiger partial charge in [0.2, 0.25) is 5.91 Å². The van der Waals surface area contributed by atoms with E-state index in [-0.39, 0.29) is 17.6 Å². The lowest BCUT2D eigenvalue weighted by molar-refractivity contribution is -0.118. The smallest absolute Gasteiger partial charge is 0.232 e. The van der Waals surface area contributed by atoms with Crippen molar-refractivity contribution in [1.82, 2.24) is 0 Å². The summed E-state index contributed by atoms with van der Waals surface area (Å²) < 4.78 is 13.7. The van der Waals surface area contributed by atoms with Crippen LogP contribution >= 0.6 is 0 Å². The average molecular weight is 247 g/mol. The van der Waals surface area contributed by atoms with Gasteiger partial charge in [-0.3, -0.25) is 4.79 Å². The number of hydrogen-bond donors (Lipinski definition) is 1. The highest BCUT2D eigenvalue weighted by atomic mass is 19.1. The molecule has 1 atom stereocenters. The number of fused-ring (bicyclic) bond motifs is 1. The fourth-order valence-electron chi connectivity index (χ4n) is 3.39. The van der Waals surface area contributed by atoms with Crippen molar-refractivity contribution >= 4 is 11.6 Å². The Morgan fingerprint density at radius 3 is 2.56 bits per heavy atom. The predicted molar refractivity (Wildman–Crippen MR) is 69.0 cm³/mol. The lowest BCUT2D eigenvalue weighted by Gasteiger charge is -2.20. The first kappa shape index (κ1) is 11.7. The van der Waals surface area contributed by atoms with Gasteiger partial charge in [-0.2, -0.15) is 0 Å². The summed E-state index contributed by atoms with van der Waals surface area (Å²) in [5.41, 5.74) is 1.28. The van der Waals surface area contributed by atoms with Crippen molar-refractivity contribution in [3.05, 3.63) is 29.6 Å². The molecule has 1 aliphatic heterocycles. The second kappa shape index (κ2) is 4.71. The Morgan fingerprint density at radius 1 is 1.11 bits per heavy atom. The molecule has 1 fully saturated rings. The van der Waals surface area contributed by atoms with Gasteiger partial charge in [0.05, 0.1) is 11.6 Å². The second-order valence-electron chi connectivity index (χ2n) is 5.42. The monoisotopic (exact) mass is 247 g/mol. The summed E-state index contributed by atoms with van der Waals surface area (Å²) >= 11 is 0. The molecule has 0 spiro atoms. The van der Waals surface area contributed by atoms with Crippen molar-refractivity contribution in [1.29, 1.82) is 0 Å². The molecule has 2 aliphatic rings. The minimum absolute atomic E-state index is 0.0120. The van der Waals surface area contributed by atoms with Gasteiger partial charge >= 0.3 is 0 Å². The zero-order valence-corrected chi connectivity index (χ0v) is 10.4. The van der Waals surface area contributed by atoms with Crippen LogP contribution in [0.15, 0.2) is 18.2 Å². The van der Waals surface area contributed by atoms with Crippen LogP contribution in [0.25, 0.3) is 0 Å². The molecular formula is C15H18FNO. The van der Waals surface area contributed by atoms with Gasteiger partial charge in [0.15, 0.2) is 0 Å². The summed E-state index contributed by atoms with van der Waals surface area (Å²) in [5.74, 6) is -0.0664. The number of carbonyl (C=O) groups is 1. The van der Waals surface area contributed by atoms with Crippen molar-refractivity contribution in [2.45, 2.75) is 44.4 Å². The van der Waals surface area contributed by atoms with Gasteiger partial charge in [-0.1, -0.05) is 37.8 Å². The SMILES string of the molecule is O=C1Nc2c(F)cccc2C1C1CCCCCC1. The third-order valence-corrected chi connectivity index (χ3v) is 4.28. The second-order valence-corrected chi connectivity index (χ2v) is 5.42. The quantitative estimate of drug-likeness (QED) is 0.751. The maximum Gasteiger partial charge on any atom is 0.232 e. The molecule has 0 saturated heterocycles. The molecule has 1 heterocycles. The lowest BCUT2D eigenvalue weighted by Crippen LogP contribution is -2.20. The van der Waals surface area contributed by atoms with Crippen LogP contribution in [0.1, 0.15) is 50.0 Å². The summed E-state index contributed by atoms with van der Waals surface area (Å²) in [5, 5.41) is 2.72. The van der Waals surface area contributed by atoms with Crippen molar-refractivity contribution in [3.8, 4) is 0 Å². The molecule has 1 aromatic rings. The van der Waals surface area contributed by atoms with Crippen LogP contribution in [-0.4, -0.2) is 5.91 Å². The molecule has 1 N–H and O–H groups in total. The van der Waals surface area contributed by atoms with Crippen LogP contribution < -0.4 is 5.32 Å². The average Bonchev–Trinajstić information content (AvgIpc) is 2.54. The maximum absolute atomic E-state index is 13.7. The highest BCUT2D eigenvalue weighted by Gasteiger charge is 2.37. The first-order chi connectivity index (χ1) is 8.77. The minimum atomic E-state index is -0.308. The molecule has 3 heteroatoms. The Morgan fingerprint density at radius 2 is 1.83 bits per heavy atom. The summed E-state index contributed by atoms with van der Waals surface area (Å²) in [6, 6.07) is 5.01. The number of benzene rings is 1. The number of nitrogens with one attached hydrogen (secondary N) is 1. The zero-order chi connectivity index (χ0) is 12.5. The molecule has 0 aromatic heterocycles. The van der Waals surface area contributed by atoms with E-state index in [0.29, 0.717) is 11.6 Å². The fourth-order valence-corrected chi connectivity index (χ4v) is 3.39. The zero-order valence-electron chi connectivity index (χ0n) is 10.4. The largest absolute Gasteiger partial charge is 0.323 e. The first-order valence-electron chi connectivity index (χ1n) is 6.86. The highest BCUT2D eigenvalue weighted by molar-refractivity contribution is 6.03. The normalized spacial score (nSPS) is 24.5. The van der Waals surface area contributed by atoms with Crippen LogP contribution in [0.3, 0.4) is 0 Å². The van der Waals surface area contributed by atoms with Crippen molar-refractivity contribution < 1.29 is 9.18 Å². The van der Waals surface area contributed by atoms with Crippen LogP contribution in [0.2, 0.25) is 0 Å². The molecule has 96 valence electrons. The Bertz CT molecular complexity index is 464. The number of para-hydroxylation sites is 1. The van der Waals surface area contributed by atoms with Gasteiger partial charge in [0.1, 0.15) is 5.82 Å². The molecule has 18 heavy (non-hydrogen) atoms. The van der Waals surface area contributed by atoms with Crippen molar-refractivity contribution in [2.24, 2.45) is 5.92 Å². The van der Waals surface area contributed by atoms with Gasteiger partial charge in [0, 0.05) is 0 Å². The number of halogens is 1. The van der Waals surface area contributed by atoms with E-state index in [9.17, 15) is 9.18 Å². The topological polar surface area (TPSA) is 29.1 Å². The summed E-state index contributed by atoms with van der Waals surface area (Å²) in [6.07, 6.45) is 7.10. The maximum atomic E-state index is 13.7. The van der Waals surface area contributed by atoms with E-state index < -0.39 is 0 Å².